The summed E-state index contributed by atoms with van der Waals surface area (Å²) >= 11 is 0. The molecule has 0 amide bonds. The molecule has 3 N–H and O–H groups in total. The zero-order chi connectivity index (χ0) is 17.6. The number of hydrogen-bond acceptors (Lipinski definition) is 5. The molecule has 128 valence electrons. The Balaban J connectivity index is 1.75. The normalized spacial score (nSPS) is 16.3. The first-order chi connectivity index (χ1) is 12.0. The first-order valence-electron chi connectivity index (χ1n) is 7.48. The number of rotatable bonds is 3. The summed E-state index contributed by atoms with van der Waals surface area (Å²) in [6, 6.07) is 2.85. The van der Waals surface area contributed by atoms with Gasteiger partial charge in [0.1, 0.15) is 40.9 Å². The van der Waals surface area contributed by atoms with E-state index in [4.69, 9.17) is 9.84 Å². The number of anilines is 1. The molecular formula is C16H12F2N4O3. The van der Waals surface area contributed by atoms with Crippen LogP contribution in [0.25, 0.3) is 11.0 Å². The van der Waals surface area contributed by atoms with Crippen molar-refractivity contribution in [2.45, 2.75) is 12.5 Å². The van der Waals surface area contributed by atoms with E-state index >= 15 is 0 Å². The van der Waals surface area contributed by atoms with Crippen LogP contribution in [0.1, 0.15) is 28.5 Å². The average Bonchev–Trinajstić information content (AvgIpc) is 3.00. The maximum atomic E-state index is 14.2. The average molecular weight is 346 g/mol. The van der Waals surface area contributed by atoms with Crippen LogP contribution >= 0.6 is 0 Å². The standard InChI is InChI=1S/C16H12F2N4O3/c17-7-3-9(18)13-10(1-2-25-12(13)4-7)21-14-8-5-11(16(23)24)22-15(8)20-6-19-14/h3-6,10H,1-2H2,(H,23,24)(H2,19,20,21,22). The summed E-state index contributed by atoms with van der Waals surface area (Å²) in [6.45, 7) is 0.287. The SMILES string of the molecule is O=C(O)c1cc2c(NC3CCOc4cc(F)cc(F)c43)ncnc2[nH]1. The van der Waals surface area contributed by atoms with E-state index in [1.54, 1.807) is 0 Å². The predicted molar refractivity (Wildman–Crippen MR) is 83.7 cm³/mol. The molecule has 1 aliphatic rings. The van der Waals surface area contributed by atoms with Crippen LogP contribution in [0.4, 0.5) is 14.6 Å². The fraction of sp³-hybridized carbons (Fsp3) is 0.188. The Morgan fingerprint density at radius 3 is 2.96 bits per heavy atom. The smallest absolute Gasteiger partial charge is 0.352 e. The topological polar surface area (TPSA) is 100 Å². The maximum Gasteiger partial charge on any atom is 0.352 e. The Labute approximate surface area is 139 Å². The van der Waals surface area contributed by atoms with Crippen molar-refractivity contribution >= 4 is 22.8 Å². The van der Waals surface area contributed by atoms with Gasteiger partial charge in [-0.15, -0.1) is 0 Å². The Morgan fingerprint density at radius 2 is 2.16 bits per heavy atom. The van der Waals surface area contributed by atoms with E-state index < -0.39 is 23.6 Å². The molecule has 2 aromatic heterocycles. The molecule has 3 heterocycles. The molecule has 0 saturated heterocycles. The summed E-state index contributed by atoms with van der Waals surface area (Å²) in [4.78, 5) is 21.9. The monoisotopic (exact) mass is 346 g/mol. The second-order valence-electron chi connectivity index (χ2n) is 5.61. The molecule has 0 bridgehead atoms. The first kappa shape index (κ1) is 15.3. The number of carboxylic acid groups (broad SMARTS) is 1. The zero-order valence-corrected chi connectivity index (χ0v) is 12.7. The minimum Gasteiger partial charge on any atom is -0.493 e. The number of nitrogens with zero attached hydrogens (tertiary/aromatic N) is 2. The summed E-state index contributed by atoms with van der Waals surface area (Å²) in [5.41, 5.74) is 0.536. The first-order valence-corrected chi connectivity index (χ1v) is 7.48. The summed E-state index contributed by atoms with van der Waals surface area (Å²) in [5, 5.41) is 12.6. The van der Waals surface area contributed by atoms with E-state index in [0.717, 1.165) is 12.1 Å². The molecule has 7 nitrogen and oxygen atoms in total. The van der Waals surface area contributed by atoms with E-state index in [1.165, 1.54) is 12.4 Å². The molecule has 1 aromatic carbocycles. The number of ether oxygens (including phenoxy) is 1. The number of aromatic amines is 1. The molecule has 0 saturated carbocycles. The van der Waals surface area contributed by atoms with Crippen molar-refractivity contribution in [3.63, 3.8) is 0 Å². The molecule has 0 spiro atoms. The highest BCUT2D eigenvalue weighted by atomic mass is 19.1. The van der Waals surface area contributed by atoms with Gasteiger partial charge in [-0.25, -0.2) is 23.5 Å². The van der Waals surface area contributed by atoms with Crippen LogP contribution in [-0.2, 0) is 0 Å². The molecule has 25 heavy (non-hydrogen) atoms. The third-order valence-electron chi connectivity index (χ3n) is 4.04. The van der Waals surface area contributed by atoms with Gasteiger partial charge in [-0.1, -0.05) is 0 Å². The molecule has 0 radical (unpaired) electrons. The number of nitrogens with one attached hydrogen (secondary N) is 2. The van der Waals surface area contributed by atoms with Crippen molar-refractivity contribution in [3.05, 3.63) is 47.4 Å². The van der Waals surface area contributed by atoms with Crippen LogP contribution in [-0.4, -0.2) is 32.6 Å². The molecule has 4 rings (SSSR count). The zero-order valence-electron chi connectivity index (χ0n) is 12.7. The molecule has 0 aliphatic carbocycles. The molecule has 1 aliphatic heterocycles. The number of aromatic carboxylic acids is 1. The van der Waals surface area contributed by atoms with E-state index in [9.17, 15) is 13.6 Å². The van der Waals surface area contributed by atoms with Gasteiger partial charge in [0.25, 0.3) is 0 Å². The fourth-order valence-electron chi connectivity index (χ4n) is 2.93. The number of benzene rings is 1. The molecule has 1 unspecified atom stereocenters. The van der Waals surface area contributed by atoms with Gasteiger partial charge in [-0.3, -0.25) is 0 Å². The molecular weight excluding hydrogens is 334 g/mol. The van der Waals surface area contributed by atoms with Gasteiger partial charge < -0.3 is 20.1 Å². The molecule has 1 atom stereocenters. The highest BCUT2D eigenvalue weighted by molar-refractivity contribution is 5.96. The van der Waals surface area contributed by atoms with Gasteiger partial charge in [0.05, 0.1) is 23.6 Å². The fourth-order valence-corrected chi connectivity index (χ4v) is 2.93. The predicted octanol–water partition coefficient (Wildman–Crippen LogP) is 2.87. The number of aromatic nitrogens is 3. The molecule has 3 aromatic rings. The van der Waals surface area contributed by atoms with Crippen LogP contribution in [0, 0.1) is 11.6 Å². The van der Waals surface area contributed by atoms with Crippen molar-refractivity contribution in [3.8, 4) is 5.75 Å². The van der Waals surface area contributed by atoms with Gasteiger partial charge >= 0.3 is 5.97 Å². The van der Waals surface area contributed by atoms with Gasteiger partial charge in [-0.05, 0) is 6.07 Å². The van der Waals surface area contributed by atoms with Gasteiger partial charge in [0.15, 0.2) is 0 Å². The lowest BCUT2D eigenvalue weighted by molar-refractivity contribution is 0.0691. The Morgan fingerprint density at radius 1 is 1.32 bits per heavy atom. The van der Waals surface area contributed by atoms with Crippen LogP contribution < -0.4 is 10.1 Å². The number of hydrogen-bond donors (Lipinski definition) is 3. The Bertz CT molecular complexity index is 989. The number of carboxylic acids is 1. The molecule has 9 heteroatoms. The van der Waals surface area contributed by atoms with E-state index in [0.29, 0.717) is 23.3 Å². The highest BCUT2D eigenvalue weighted by Gasteiger charge is 2.27. The maximum absolute atomic E-state index is 14.2. The minimum absolute atomic E-state index is 0.0285. The third kappa shape index (κ3) is 2.63. The Hall–Kier alpha value is -3.23. The number of halogens is 2. The van der Waals surface area contributed by atoms with Gasteiger partial charge in [-0.2, -0.15) is 0 Å². The van der Waals surface area contributed by atoms with Crippen molar-refractivity contribution < 1.29 is 23.4 Å². The summed E-state index contributed by atoms with van der Waals surface area (Å²) in [6.07, 6.45) is 1.71. The number of carbonyl (C=O) groups is 1. The minimum atomic E-state index is -1.12. The van der Waals surface area contributed by atoms with Gasteiger partial charge in [0, 0.05) is 18.6 Å². The van der Waals surface area contributed by atoms with Crippen LogP contribution in [0.2, 0.25) is 0 Å². The van der Waals surface area contributed by atoms with Gasteiger partial charge in [0.2, 0.25) is 0 Å². The van der Waals surface area contributed by atoms with Crippen molar-refractivity contribution in [1.82, 2.24) is 15.0 Å². The summed E-state index contributed by atoms with van der Waals surface area (Å²) < 4.78 is 32.9. The van der Waals surface area contributed by atoms with E-state index in [-0.39, 0.29) is 23.6 Å². The quantitative estimate of drug-likeness (QED) is 0.674. The Kier molecular flexibility index (Phi) is 3.48. The second-order valence-corrected chi connectivity index (χ2v) is 5.61. The lowest BCUT2D eigenvalue weighted by Crippen LogP contribution is -2.22. The van der Waals surface area contributed by atoms with E-state index in [2.05, 4.69) is 20.3 Å². The van der Waals surface area contributed by atoms with Crippen LogP contribution in [0.3, 0.4) is 0 Å². The van der Waals surface area contributed by atoms with E-state index in [1.807, 2.05) is 0 Å². The lowest BCUT2D eigenvalue weighted by atomic mass is 9.99. The number of H-pyrrole nitrogens is 1. The van der Waals surface area contributed by atoms with Crippen molar-refractivity contribution in [2.75, 3.05) is 11.9 Å². The van der Waals surface area contributed by atoms with Crippen LogP contribution in [0.15, 0.2) is 24.5 Å². The second kappa shape index (κ2) is 5.69. The number of fused-ring (bicyclic) bond motifs is 2. The van der Waals surface area contributed by atoms with Crippen molar-refractivity contribution in [1.29, 1.82) is 0 Å². The largest absolute Gasteiger partial charge is 0.493 e. The lowest BCUT2D eigenvalue weighted by Gasteiger charge is -2.27. The summed E-state index contributed by atoms with van der Waals surface area (Å²) in [5.74, 6) is -2.04. The summed E-state index contributed by atoms with van der Waals surface area (Å²) in [7, 11) is 0. The van der Waals surface area contributed by atoms with Crippen LogP contribution in [0.5, 0.6) is 5.75 Å². The third-order valence-corrected chi connectivity index (χ3v) is 4.04. The molecule has 0 fully saturated rings. The highest BCUT2D eigenvalue weighted by Crippen LogP contribution is 2.37. The van der Waals surface area contributed by atoms with Crippen molar-refractivity contribution in [2.24, 2.45) is 0 Å².